The molecule has 1 aromatic rings. The fourth-order valence-electron chi connectivity index (χ4n) is 3.63. The van der Waals surface area contributed by atoms with Crippen molar-refractivity contribution in [1.82, 2.24) is 20.4 Å². The number of aromatic nitrogens is 2. The number of hydrogen-bond donors (Lipinski definition) is 2. The molecule has 1 aliphatic rings. The summed E-state index contributed by atoms with van der Waals surface area (Å²) in [6, 6.07) is 3.00. The van der Waals surface area contributed by atoms with E-state index in [4.69, 9.17) is 0 Å². The van der Waals surface area contributed by atoms with E-state index in [1.807, 2.05) is 6.92 Å². The largest absolute Gasteiger partial charge is 0.348 e. The van der Waals surface area contributed by atoms with Crippen LogP contribution in [-0.4, -0.2) is 32.8 Å². The molecule has 128 valence electrons. The summed E-state index contributed by atoms with van der Waals surface area (Å²) < 4.78 is 1.35. The van der Waals surface area contributed by atoms with Crippen LogP contribution in [0.1, 0.15) is 64.4 Å². The van der Waals surface area contributed by atoms with Crippen LogP contribution in [-0.2, 0) is 6.54 Å². The zero-order valence-corrected chi connectivity index (χ0v) is 14.8. The molecule has 0 radical (unpaired) electrons. The molecule has 2 rings (SSSR count). The maximum absolute atomic E-state index is 12.5. The standard InChI is InChI=1S/C17H28N4O2/c1-6-9-21-14(22)8-7-13(19-21)15(23)18-12-10-16(2,3)20-17(4,5)11-12/h7-8,12,20H,6,9-11H2,1-5H3,(H,18,23). The normalized spacial score (nSPS) is 20.2. The summed E-state index contributed by atoms with van der Waals surface area (Å²) in [6.07, 6.45) is 2.52. The van der Waals surface area contributed by atoms with Gasteiger partial charge in [-0.05, 0) is 53.0 Å². The van der Waals surface area contributed by atoms with E-state index in [0.29, 0.717) is 12.2 Å². The van der Waals surface area contributed by atoms with Crippen LogP contribution >= 0.6 is 0 Å². The van der Waals surface area contributed by atoms with Crippen molar-refractivity contribution in [2.45, 2.75) is 77.5 Å². The highest BCUT2D eigenvalue weighted by Crippen LogP contribution is 2.28. The first-order chi connectivity index (χ1) is 10.6. The van der Waals surface area contributed by atoms with Gasteiger partial charge in [0.1, 0.15) is 5.69 Å². The van der Waals surface area contributed by atoms with Crippen LogP contribution < -0.4 is 16.2 Å². The summed E-state index contributed by atoms with van der Waals surface area (Å²) in [4.78, 5) is 24.2. The van der Waals surface area contributed by atoms with E-state index in [2.05, 4.69) is 43.4 Å². The van der Waals surface area contributed by atoms with Gasteiger partial charge in [0.15, 0.2) is 0 Å². The smallest absolute Gasteiger partial charge is 0.271 e. The van der Waals surface area contributed by atoms with Gasteiger partial charge in [-0.3, -0.25) is 9.59 Å². The SMILES string of the molecule is CCCn1nc(C(=O)NC2CC(C)(C)NC(C)(C)C2)ccc1=O. The molecule has 1 amide bonds. The van der Waals surface area contributed by atoms with Crippen molar-refractivity contribution in [3.63, 3.8) is 0 Å². The molecule has 1 aliphatic heterocycles. The van der Waals surface area contributed by atoms with Gasteiger partial charge in [-0.15, -0.1) is 0 Å². The highest BCUT2D eigenvalue weighted by atomic mass is 16.2. The average Bonchev–Trinajstić information content (AvgIpc) is 2.37. The lowest BCUT2D eigenvalue weighted by Crippen LogP contribution is -2.62. The van der Waals surface area contributed by atoms with E-state index in [1.165, 1.54) is 16.8 Å². The van der Waals surface area contributed by atoms with E-state index >= 15 is 0 Å². The van der Waals surface area contributed by atoms with Crippen LogP contribution in [0.25, 0.3) is 0 Å². The molecule has 6 nitrogen and oxygen atoms in total. The van der Waals surface area contributed by atoms with Crippen LogP contribution in [0, 0.1) is 0 Å². The van der Waals surface area contributed by atoms with Crippen molar-refractivity contribution in [2.75, 3.05) is 0 Å². The highest BCUT2D eigenvalue weighted by molar-refractivity contribution is 5.92. The number of nitrogens with zero attached hydrogens (tertiary/aromatic N) is 2. The second-order valence-corrected chi connectivity index (χ2v) is 7.75. The van der Waals surface area contributed by atoms with Crippen molar-refractivity contribution in [2.24, 2.45) is 0 Å². The third-order valence-corrected chi connectivity index (χ3v) is 4.06. The predicted molar refractivity (Wildman–Crippen MR) is 90.6 cm³/mol. The van der Waals surface area contributed by atoms with Crippen LogP contribution in [0.3, 0.4) is 0 Å². The van der Waals surface area contributed by atoms with E-state index in [1.54, 1.807) is 0 Å². The average molecular weight is 320 g/mol. The van der Waals surface area contributed by atoms with Crippen molar-refractivity contribution in [3.05, 3.63) is 28.2 Å². The molecule has 0 bridgehead atoms. The summed E-state index contributed by atoms with van der Waals surface area (Å²) in [5, 5.41) is 10.9. The fourth-order valence-corrected chi connectivity index (χ4v) is 3.63. The first kappa shape index (κ1) is 17.7. The maximum Gasteiger partial charge on any atom is 0.271 e. The summed E-state index contributed by atoms with van der Waals surface area (Å²) in [7, 11) is 0. The van der Waals surface area contributed by atoms with Crippen LogP contribution in [0.4, 0.5) is 0 Å². The molecule has 6 heteroatoms. The number of nitrogens with one attached hydrogen (secondary N) is 2. The lowest BCUT2D eigenvalue weighted by atomic mass is 9.79. The molecular weight excluding hydrogens is 292 g/mol. The second kappa shape index (κ2) is 6.43. The Balaban J connectivity index is 2.12. The van der Waals surface area contributed by atoms with E-state index in [-0.39, 0.29) is 28.6 Å². The molecule has 0 spiro atoms. The van der Waals surface area contributed by atoms with Crippen LogP contribution in [0.5, 0.6) is 0 Å². The topological polar surface area (TPSA) is 76.0 Å². The number of piperidine rings is 1. The highest BCUT2D eigenvalue weighted by Gasteiger charge is 2.38. The molecule has 2 heterocycles. The third-order valence-electron chi connectivity index (χ3n) is 4.06. The molecule has 2 N–H and O–H groups in total. The molecule has 1 aromatic heterocycles. The molecule has 1 fully saturated rings. The zero-order chi connectivity index (χ0) is 17.3. The van der Waals surface area contributed by atoms with Gasteiger partial charge < -0.3 is 10.6 Å². The monoisotopic (exact) mass is 320 g/mol. The summed E-state index contributed by atoms with van der Waals surface area (Å²) in [6.45, 7) is 11.1. The number of carbonyl (C=O) groups is 1. The molecule has 0 aromatic carbocycles. The zero-order valence-electron chi connectivity index (χ0n) is 14.8. The van der Waals surface area contributed by atoms with Gasteiger partial charge in [0.25, 0.3) is 11.5 Å². The Labute approximate surface area is 137 Å². The van der Waals surface area contributed by atoms with Crippen LogP contribution in [0.15, 0.2) is 16.9 Å². The van der Waals surface area contributed by atoms with E-state index in [0.717, 1.165) is 19.3 Å². The lowest BCUT2D eigenvalue weighted by Gasteiger charge is -2.46. The molecule has 0 atom stereocenters. The van der Waals surface area contributed by atoms with Gasteiger partial charge in [0, 0.05) is 29.7 Å². The summed E-state index contributed by atoms with van der Waals surface area (Å²) in [5.74, 6) is -0.214. The van der Waals surface area contributed by atoms with E-state index in [9.17, 15) is 9.59 Å². The number of hydrogen-bond acceptors (Lipinski definition) is 4. The Bertz CT molecular complexity index is 618. The number of rotatable bonds is 4. The Hall–Kier alpha value is -1.69. The van der Waals surface area contributed by atoms with Crippen molar-refractivity contribution in [3.8, 4) is 0 Å². The second-order valence-electron chi connectivity index (χ2n) is 7.75. The Morgan fingerprint density at radius 3 is 2.48 bits per heavy atom. The Kier molecular flexibility index (Phi) is 4.94. The van der Waals surface area contributed by atoms with Crippen molar-refractivity contribution in [1.29, 1.82) is 0 Å². The van der Waals surface area contributed by atoms with Crippen LogP contribution in [0.2, 0.25) is 0 Å². The summed E-state index contributed by atoms with van der Waals surface area (Å²) >= 11 is 0. The van der Waals surface area contributed by atoms with Gasteiger partial charge >= 0.3 is 0 Å². The quantitative estimate of drug-likeness (QED) is 0.885. The van der Waals surface area contributed by atoms with Crippen molar-refractivity contribution < 1.29 is 4.79 Å². The summed E-state index contributed by atoms with van der Waals surface area (Å²) in [5.41, 5.74) is 0.0575. The Morgan fingerprint density at radius 1 is 1.30 bits per heavy atom. The van der Waals surface area contributed by atoms with Gasteiger partial charge in [0.05, 0.1) is 0 Å². The lowest BCUT2D eigenvalue weighted by molar-refractivity contribution is 0.0865. The molecular formula is C17H28N4O2. The van der Waals surface area contributed by atoms with Gasteiger partial charge in [0.2, 0.25) is 0 Å². The van der Waals surface area contributed by atoms with Gasteiger partial charge in [-0.25, -0.2) is 4.68 Å². The minimum atomic E-state index is -0.214. The minimum absolute atomic E-state index is 0.0336. The molecule has 1 saturated heterocycles. The minimum Gasteiger partial charge on any atom is -0.348 e. The molecule has 0 aliphatic carbocycles. The first-order valence-corrected chi connectivity index (χ1v) is 8.30. The molecule has 0 saturated carbocycles. The van der Waals surface area contributed by atoms with Gasteiger partial charge in [-0.1, -0.05) is 6.92 Å². The fraction of sp³-hybridized carbons (Fsp3) is 0.706. The van der Waals surface area contributed by atoms with E-state index < -0.39 is 0 Å². The Morgan fingerprint density at radius 2 is 1.91 bits per heavy atom. The molecule has 23 heavy (non-hydrogen) atoms. The predicted octanol–water partition coefficient (Wildman–Crippen LogP) is 1.69. The number of amides is 1. The third kappa shape index (κ3) is 4.64. The molecule has 0 unspecified atom stereocenters. The number of carbonyl (C=O) groups excluding carboxylic acids is 1. The van der Waals surface area contributed by atoms with Crippen molar-refractivity contribution >= 4 is 5.91 Å². The number of aryl methyl sites for hydroxylation is 1. The first-order valence-electron chi connectivity index (χ1n) is 8.30. The maximum atomic E-state index is 12.5. The van der Waals surface area contributed by atoms with Gasteiger partial charge in [-0.2, -0.15) is 5.10 Å².